The van der Waals surface area contributed by atoms with E-state index in [9.17, 15) is 9.59 Å². The fraction of sp³-hybridized carbons (Fsp3) is 0.250. The van der Waals surface area contributed by atoms with Crippen molar-refractivity contribution in [1.82, 2.24) is 10.6 Å². The quantitative estimate of drug-likeness (QED) is 0.707. The highest BCUT2D eigenvalue weighted by Gasteiger charge is 2.21. The Labute approximate surface area is 165 Å². The first-order chi connectivity index (χ1) is 13.7. The molecule has 28 heavy (non-hydrogen) atoms. The summed E-state index contributed by atoms with van der Waals surface area (Å²) in [6.45, 7) is 0.325. The van der Waals surface area contributed by atoms with Gasteiger partial charge in [-0.05, 0) is 53.3 Å². The number of benzene rings is 3. The van der Waals surface area contributed by atoms with Crippen LogP contribution in [0.2, 0.25) is 0 Å². The number of nitrogens with one attached hydrogen (secondary N) is 2. The molecular weight excluding hydrogens is 348 g/mol. The first-order valence-electron chi connectivity index (χ1n) is 9.85. The molecule has 0 saturated heterocycles. The van der Waals surface area contributed by atoms with Crippen LogP contribution in [0.25, 0.3) is 10.8 Å². The van der Waals surface area contributed by atoms with Gasteiger partial charge in [0.05, 0.1) is 6.04 Å². The zero-order valence-electron chi connectivity index (χ0n) is 15.8. The lowest BCUT2D eigenvalue weighted by atomic mass is 9.88. The van der Waals surface area contributed by atoms with Crippen molar-refractivity contribution in [2.24, 2.45) is 0 Å². The molecule has 0 aromatic heterocycles. The molecule has 3 aromatic carbocycles. The Hall–Kier alpha value is -3.14. The Morgan fingerprint density at radius 2 is 1.71 bits per heavy atom. The molecule has 0 heterocycles. The SMILES string of the molecule is O=C(CCNC(=O)c1ccc2ccccc2c1)NC1CCCc2ccccc21. The Morgan fingerprint density at radius 1 is 0.929 bits per heavy atom. The van der Waals surface area contributed by atoms with E-state index in [2.05, 4.69) is 22.8 Å². The Balaban J connectivity index is 1.30. The van der Waals surface area contributed by atoms with Crippen molar-refractivity contribution < 1.29 is 9.59 Å². The molecule has 4 nitrogen and oxygen atoms in total. The third-order valence-corrected chi connectivity index (χ3v) is 5.35. The molecule has 0 bridgehead atoms. The van der Waals surface area contributed by atoms with Crippen LogP contribution in [0.4, 0.5) is 0 Å². The molecular formula is C24H24N2O2. The van der Waals surface area contributed by atoms with Gasteiger partial charge in [0.15, 0.2) is 0 Å². The minimum atomic E-state index is -0.151. The number of rotatable bonds is 5. The summed E-state index contributed by atoms with van der Waals surface area (Å²) >= 11 is 0. The summed E-state index contributed by atoms with van der Waals surface area (Å²) in [6.07, 6.45) is 3.40. The molecule has 1 aliphatic rings. The average molecular weight is 372 g/mol. The van der Waals surface area contributed by atoms with Gasteiger partial charge in [-0.3, -0.25) is 9.59 Å². The van der Waals surface area contributed by atoms with E-state index in [0.29, 0.717) is 12.1 Å². The van der Waals surface area contributed by atoms with Crippen molar-refractivity contribution in [1.29, 1.82) is 0 Å². The lowest BCUT2D eigenvalue weighted by molar-refractivity contribution is -0.121. The standard InChI is InChI=1S/C24H24N2O2/c27-23(26-22-11-5-9-18-7-3-4-10-21(18)22)14-15-25-24(28)20-13-12-17-6-1-2-8-19(17)16-20/h1-4,6-8,10,12-13,16,22H,5,9,11,14-15H2,(H,25,28)(H,26,27). The second-order valence-electron chi connectivity index (χ2n) is 7.28. The van der Waals surface area contributed by atoms with Gasteiger partial charge >= 0.3 is 0 Å². The van der Waals surface area contributed by atoms with Crippen LogP contribution in [0.5, 0.6) is 0 Å². The maximum atomic E-state index is 12.4. The van der Waals surface area contributed by atoms with Crippen molar-refractivity contribution >= 4 is 22.6 Å². The van der Waals surface area contributed by atoms with Crippen LogP contribution in [0.1, 0.15) is 46.8 Å². The number of hydrogen-bond donors (Lipinski definition) is 2. The summed E-state index contributed by atoms with van der Waals surface area (Å²) in [6, 6.07) is 22.0. The van der Waals surface area contributed by atoms with Crippen LogP contribution in [0.3, 0.4) is 0 Å². The first kappa shape index (κ1) is 18.2. The smallest absolute Gasteiger partial charge is 0.251 e. The van der Waals surface area contributed by atoms with Crippen LogP contribution in [-0.2, 0) is 11.2 Å². The first-order valence-corrected chi connectivity index (χ1v) is 9.85. The molecule has 4 heteroatoms. The van der Waals surface area contributed by atoms with E-state index in [-0.39, 0.29) is 24.3 Å². The largest absolute Gasteiger partial charge is 0.352 e. The fourth-order valence-corrected chi connectivity index (χ4v) is 3.89. The van der Waals surface area contributed by atoms with Crippen LogP contribution in [0.15, 0.2) is 66.7 Å². The fourth-order valence-electron chi connectivity index (χ4n) is 3.89. The van der Waals surface area contributed by atoms with Gasteiger partial charge in [-0.15, -0.1) is 0 Å². The van der Waals surface area contributed by atoms with Crippen molar-refractivity contribution in [2.75, 3.05) is 6.54 Å². The average Bonchev–Trinajstić information content (AvgIpc) is 2.73. The number of hydrogen-bond acceptors (Lipinski definition) is 2. The summed E-state index contributed by atoms with van der Waals surface area (Å²) in [5, 5.41) is 8.11. The highest BCUT2D eigenvalue weighted by Crippen LogP contribution is 2.29. The molecule has 1 unspecified atom stereocenters. The molecule has 2 amide bonds. The highest BCUT2D eigenvalue weighted by atomic mass is 16.2. The number of carbonyl (C=O) groups excluding carboxylic acids is 2. The summed E-state index contributed by atoms with van der Waals surface area (Å²) in [4.78, 5) is 24.7. The van der Waals surface area contributed by atoms with Crippen molar-refractivity contribution in [3.05, 3.63) is 83.4 Å². The van der Waals surface area contributed by atoms with E-state index in [1.165, 1.54) is 11.1 Å². The number of aryl methyl sites for hydroxylation is 1. The molecule has 0 saturated carbocycles. The third kappa shape index (κ3) is 4.06. The highest BCUT2D eigenvalue weighted by molar-refractivity contribution is 5.98. The van der Waals surface area contributed by atoms with Crippen molar-refractivity contribution in [3.63, 3.8) is 0 Å². The Bertz CT molecular complexity index is 1010. The van der Waals surface area contributed by atoms with Gasteiger partial charge in [-0.2, -0.15) is 0 Å². The van der Waals surface area contributed by atoms with E-state index in [0.717, 1.165) is 30.0 Å². The number of fused-ring (bicyclic) bond motifs is 2. The predicted molar refractivity (Wildman–Crippen MR) is 111 cm³/mol. The molecule has 0 fully saturated rings. The van der Waals surface area contributed by atoms with E-state index in [1.807, 2.05) is 54.6 Å². The molecule has 0 radical (unpaired) electrons. The zero-order chi connectivity index (χ0) is 19.3. The normalized spacial score (nSPS) is 15.6. The monoisotopic (exact) mass is 372 g/mol. The Morgan fingerprint density at radius 3 is 2.61 bits per heavy atom. The van der Waals surface area contributed by atoms with Gasteiger partial charge in [0.1, 0.15) is 0 Å². The van der Waals surface area contributed by atoms with E-state index < -0.39 is 0 Å². The van der Waals surface area contributed by atoms with E-state index in [4.69, 9.17) is 0 Å². The lowest BCUT2D eigenvalue weighted by Gasteiger charge is -2.26. The van der Waals surface area contributed by atoms with E-state index in [1.54, 1.807) is 0 Å². The van der Waals surface area contributed by atoms with Crippen molar-refractivity contribution in [3.8, 4) is 0 Å². The molecule has 2 N–H and O–H groups in total. The molecule has 3 aromatic rings. The van der Waals surface area contributed by atoms with Gasteiger partial charge in [0.25, 0.3) is 5.91 Å². The zero-order valence-corrected chi connectivity index (χ0v) is 15.8. The maximum Gasteiger partial charge on any atom is 0.251 e. The second kappa shape index (κ2) is 8.26. The molecule has 1 atom stereocenters. The van der Waals surface area contributed by atoms with Crippen molar-refractivity contribution in [2.45, 2.75) is 31.7 Å². The lowest BCUT2D eigenvalue weighted by Crippen LogP contribution is -2.34. The summed E-state index contributed by atoms with van der Waals surface area (Å²) in [7, 11) is 0. The van der Waals surface area contributed by atoms with Gasteiger partial charge in [-0.25, -0.2) is 0 Å². The molecule has 142 valence electrons. The van der Waals surface area contributed by atoms with Crippen LogP contribution >= 0.6 is 0 Å². The van der Waals surface area contributed by atoms with Gasteiger partial charge < -0.3 is 10.6 Å². The summed E-state index contributed by atoms with van der Waals surface area (Å²) in [5.74, 6) is -0.179. The molecule has 0 spiro atoms. The minimum Gasteiger partial charge on any atom is -0.352 e. The predicted octanol–water partition coefficient (Wildman–Crippen LogP) is 4.15. The molecule has 0 aliphatic heterocycles. The van der Waals surface area contributed by atoms with E-state index >= 15 is 0 Å². The minimum absolute atomic E-state index is 0.0273. The molecule has 1 aliphatic carbocycles. The van der Waals surface area contributed by atoms with Gasteiger partial charge in [-0.1, -0.05) is 54.6 Å². The number of amides is 2. The summed E-state index contributed by atoms with van der Waals surface area (Å²) in [5.41, 5.74) is 3.16. The Kier molecular flexibility index (Phi) is 5.38. The second-order valence-corrected chi connectivity index (χ2v) is 7.28. The van der Waals surface area contributed by atoms with Gasteiger partial charge in [0.2, 0.25) is 5.91 Å². The maximum absolute atomic E-state index is 12.4. The topological polar surface area (TPSA) is 58.2 Å². The number of carbonyl (C=O) groups is 2. The summed E-state index contributed by atoms with van der Waals surface area (Å²) < 4.78 is 0. The third-order valence-electron chi connectivity index (χ3n) is 5.35. The van der Waals surface area contributed by atoms with Crippen LogP contribution in [-0.4, -0.2) is 18.4 Å². The van der Waals surface area contributed by atoms with Crippen LogP contribution < -0.4 is 10.6 Å². The van der Waals surface area contributed by atoms with Crippen LogP contribution in [0, 0.1) is 0 Å². The molecule has 4 rings (SSSR count). The van der Waals surface area contributed by atoms with Gasteiger partial charge in [0, 0.05) is 18.5 Å².